The van der Waals surface area contributed by atoms with Crippen LogP contribution in [0.25, 0.3) is 0 Å². The molecule has 0 aliphatic heterocycles. The third-order valence-electron chi connectivity index (χ3n) is 2.91. The van der Waals surface area contributed by atoms with Crippen molar-refractivity contribution in [1.82, 2.24) is 0 Å². The highest BCUT2D eigenvalue weighted by atomic mass is 35.5. The second-order valence-corrected chi connectivity index (χ2v) is 4.83. The molecule has 0 saturated carbocycles. The molecule has 0 nitrogen and oxygen atoms in total. The number of hydrogen-bond donors (Lipinski definition) is 0. The fraction of sp³-hybridized carbons (Fsp3) is 0.333. The van der Waals surface area contributed by atoms with Gasteiger partial charge in [-0.1, -0.05) is 80.4 Å². The second kappa shape index (κ2) is 10.6. The molecule has 0 bridgehead atoms. The zero-order chi connectivity index (χ0) is 13.8. The summed E-state index contributed by atoms with van der Waals surface area (Å²) in [4.78, 5) is 0. The standard InChI is InChI=1S/C11H16.C7H7Cl/c1-2-3-5-8-11-9-6-4-7-10-11;8-6-7-4-2-1-3-5-7/h4,6-7,9-10H,2-3,5,8H2,1H3;1-5H,6H2. The molecule has 2 aromatic rings. The molecule has 0 aromatic heterocycles. The van der Waals surface area contributed by atoms with E-state index in [2.05, 4.69) is 37.3 Å². The van der Waals surface area contributed by atoms with Crippen molar-refractivity contribution in [3.63, 3.8) is 0 Å². The first-order valence-electron chi connectivity index (χ1n) is 7.00. The number of rotatable bonds is 5. The van der Waals surface area contributed by atoms with Gasteiger partial charge in [-0.25, -0.2) is 0 Å². The summed E-state index contributed by atoms with van der Waals surface area (Å²) >= 11 is 5.53. The molecular weight excluding hydrogens is 252 g/mol. The van der Waals surface area contributed by atoms with Gasteiger partial charge in [-0.15, -0.1) is 11.6 Å². The molecule has 0 heterocycles. The van der Waals surface area contributed by atoms with Gasteiger partial charge in [0, 0.05) is 5.88 Å². The molecule has 2 aromatic carbocycles. The Morgan fingerprint density at radius 1 is 0.737 bits per heavy atom. The average Bonchev–Trinajstić information content (AvgIpc) is 2.50. The molecule has 0 atom stereocenters. The van der Waals surface area contributed by atoms with E-state index in [4.69, 9.17) is 11.6 Å². The Hall–Kier alpha value is -1.27. The Bertz CT molecular complexity index is 408. The van der Waals surface area contributed by atoms with E-state index in [1.54, 1.807) is 0 Å². The molecule has 19 heavy (non-hydrogen) atoms. The number of hydrogen-bond acceptors (Lipinski definition) is 0. The molecule has 0 unspecified atom stereocenters. The van der Waals surface area contributed by atoms with Crippen LogP contribution >= 0.6 is 11.6 Å². The van der Waals surface area contributed by atoms with E-state index in [1.807, 2.05) is 30.3 Å². The topological polar surface area (TPSA) is 0 Å². The number of alkyl halides is 1. The van der Waals surface area contributed by atoms with Gasteiger partial charge in [0.2, 0.25) is 0 Å². The number of unbranched alkanes of at least 4 members (excludes halogenated alkanes) is 2. The lowest BCUT2D eigenvalue weighted by Crippen LogP contribution is -1.83. The average molecular weight is 275 g/mol. The zero-order valence-electron chi connectivity index (χ0n) is 11.7. The predicted octanol–water partition coefficient (Wildman–Crippen LogP) is 5.84. The smallest absolute Gasteiger partial charge is 0.0474 e. The summed E-state index contributed by atoms with van der Waals surface area (Å²) in [6.45, 7) is 2.24. The van der Waals surface area contributed by atoms with Crippen LogP contribution in [-0.2, 0) is 12.3 Å². The first-order chi connectivity index (χ1) is 9.36. The highest BCUT2D eigenvalue weighted by Gasteiger charge is 1.89. The van der Waals surface area contributed by atoms with Gasteiger partial charge in [0.05, 0.1) is 0 Å². The van der Waals surface area contributed by atoms with Gasteiger partial charge in [-0.05, 0) is 24.0 Å². The maximum atomic E-state index is 5.53. The van der Waals surface area contributed by atoms with Crippen molar-refractivity contribution in [2.45, 2.75) is 38.5 Å². The van der Waals surface area contributed by atoms with Gasteiger partial charge in [0.15, 0.2) is 0 Å². The lowest BCUT2D eigenvalue weighted by molar-refractivity contribution is 0.717. The normalized spacial score (nSPS) is 9.58. The quantitative estimate of drug-likeness (QED) is 0.474. The Morgan fingerprint density at radius 3 is 1.68 bits per heavy atom. The summed E-state index contributed by atoms with van der Waals surface area (Å²) in [5.74, 6) is 0.612. The van der Waals surface area contributed by atoms with Crippen molar-refractivity contribution >= 4 is 11.6 Å². The molecule has 102 valence electrons. The van der Waals surface area contributed by atoms with Crippen LogP contribution in [-0.4, -0.2) is 0 Å². The lowest BCUT2D eigenvalue weighted by Gasteiger charge is -1.98. The minimum Gasteiger partial charge on any atom is -0.122 e. The molecular formula is C18H23Cl. The summed E-state index contributed by atoms with van der Waals surface area (Å²) in [6, 6.07) is 20.7. The van der Waals surface area contributed by atoms with Crippen LogP contribution in [0.3, 0.4) is 0 Å². The maximum absolute atomic E-state index is 5.53. The van der Waals surface area contributed by atoms with Gasteiger partial charge in [0.25, 0.3) is 0 Å². The zero-order valence-corrected chi connectivity index (χ0v) is 12.4. The van der Waals surface area contributed by atoms with E-state index < -0.39 is 0 Å². The summed E-state index contributed by atoms with van der Waals surface area (Å²) < 4.78 is 0. The highest BCUT2D eigenvalue weighted by molar-refractivity contribution is 6.17. The van der Waals surface area contributed by atoms with Crippen molar-refractivity contribution in [2.24, 2.45) is 0 Å². The van der Waals surface area contributed by atoms with Gasteiger partial charge in [0.1, 0.15) is 0 Å². The van der Waals surface area contributed by atoms with Crippen LogP contribution in [0.1, 0.15) is 37.3 Å². The first kappa shape index (κ1) is 15.8. The largest absolute Gasteiger partial charge is 0.122 e. The highest BCUT2D eigenvalue weighted by Crippen LogP contribution is 2.05. The van der Waals surface area contributed by atoms with Crippen LogP contribution in [0.2, 0.25) is 0 Å². The van der Waals surface area contributed by atoms with E-state index in [0.29, 0.717) is 5.88 Å². The van der Waals surface area contributed by atoms with Gasteiger partial charge < -0.3 is 0 Å². The van der Waals surface area contributed by atoms with Crippen molar-refractivity contribution in [3.05, 3.63) is 71.8 Å². The lowest BCUT2D eigenvalue weighted by atomic mass is 10.1. The van der Waals surface area contributed by atoms with Crippen LogP contribution in [0.5, 0.6) is 0 Å². The van der Waals surface area contributed by atoms with E-state index >= 15 is 0 Å². The Morgan fingerprint density at radius 2 is 1.26 bits per heavy atom. The van der Waals surface area contributed by atoms with Gasteiger partial charge in [-0.2, -0.15) is 0 Å². The maximum Gasteiger partial charge on any atom is 0.0474 e. The number of benzene rings is 2. The Balaban J connectivity index is 0.000000200. The molecule has 0 amide bonds. The SMILES string of the molecule is CCCCCc1ccccc1.ClCc1ccccc1. The van der Waals surface area contributed by atoms with Crippen molar-refractivity contribution < 1.29 is 0 Å². The fourth-order valence-corrected chi connectivity index (χ4v) is 1.97. The Labute approximate surface area is 122 Å². The summed E-state index contributed by atoms with van der Waals surface area (Å²) in [5, 5.41) is 0. The molecule has 0 saturated heterocycles. The molecule has 0 radical (unpaired) electrons. The molecule has 0 fully saturated rings. The molecule has 0 aliphatic rings. The van der Waals surface area contributed by atoms with Crippen molar-refractivity contribution in [3.8, 4) is 0 Å². The fourth-order valence-electron chi connectivity index (χ4n) is 1.79. The van der Waals surface area contributed by atoms with Gasteiger partial charge in [-0.3, -0.25) is 0 Å². The summed E-state index contributed by atoms with van der Waals surface area (Å²) in [7, 11) is 0. The molecule has 0 aliphatic carbocycles. The molecule has 0 N–H and O–H groups in total. The number of aryl methyl sites for hydroxylation is 1. The van der Waals surface area contributed by atoms with Crippen LogP contribution < -0.4 is 0 Å². The third-order valence-corrected chi connectivity index (χ3v) is 3.22. The minimum atomic E-state index is 0.612. The number of halogens is 1. The van der Waals surface area contributed by atoms with Crippen molar-refractivity contribution in [1.29, 1.82) is 0 Å². The second-order valence-electron chi connectivity index (χ2n) is 4.56. The third kappa shape index (κ3) is 7.69. The Kier molecular flexibility index (Phi) is 8.84. The van der Waals surface area contributed by atoms with Crippen molar-refractivity contribution in [2.75, 3.05) is 0 Å². The van der Waals surface area contributed by atoms with E-state index in [9.17, 15) is 0 Å². The molecule has 1 heteroatoms. The first-order valence-corrected chi connectivity index (χ1v) is 7.54. The van der Waals surface area contributed by atoms with Crippen LogP contribution in [0, 0.1) is 0 Å². The minimum absolute atomic E-state index is 0.612. The van der Waals surface area contributed by atoms with E-state index in [1.165, 1.54) is 36.8 Å². The van der Waals surface area contributed by atoms with Crippen LogP contribution in [0.15, 0.2) is 60.7 Å². The summed E-state index contributed by atoms with van der Waals surface area (Å²) in [5.41, 5.74) is 2.65. The van der Waals surface area contributed by atoms with E-state index in [0.717, 1.165) is 0 Å². The molecule has 2 rings (SSSR count). The summed E-state index contributed by atoms with van der Waals surface area (Å²) in [6.07, 6.45) is 5.25. The monoisotopic (exact) mass is 274 g/mol. The predicted molar refractivity (Wildman–Crippen MR) is 85.7 cm³/mol. The molecule has 0 spiro atoms. The van der Waals surface area contributed by atoms with E-state index in [-0.39, 0.29) is 0 Å². The van der Waals surface area contributed by atoms with Gasteiger partial charge >= 0.3 is 0 Å². The van der Waals surface area contributed by atoms with Crippen LogP contribution in [0.4, 0.5) is 0 Å².